The van der Waals surface area contributed by atoms with Crippen molar-refractivity contribution >= 4 is 28.4 Å². The molecule has 1 saturated heterocycles. The molecule has 1 aromatic carbocycles. The normalized spacial score (nSPS) is 24.6. The Morgan fingerprint density at radius 2 is 1.82 bits per heavy atom. The standard InChI is InChI=1S/C21H28F3N3S/c1-15-13-18-19(3-2-4-20(18)27(15)14-21(22,23)24)25-16-5-7-17(8-6-16)26-9-11-28-12-10-26/h2-4,13,16-17,25H,5-12,14H2,1H3. The van der Waals surface area contributed by atoms with Crippen LogP contribution in [0.15, 0.2) is 24.3 Å². The van der Waals surface area contributed by atoms with Crippen LogP contribution >= 0.6 is 11.8 Å². The molecule has 2 heterocycles. The van der Waals surface area contributed by atoms with E-state index in [1.807, 2.05) is 30.0 Å². The predicted molar refractivity (Wildman–Crippen MR) is 111 cm³/mol. The Morgan fingerprint density at radius 3 is 2.50 bits per heavy atom. The third-order valence-corrected chi connectivity index (χ3v) is 7.05. The Labute approximate surface area is 168 Å². The smallest absolute Gasteiger partial charge is 0.382 e. The van der Waals surface area contributed by atoms with Crippen molar-refractivity contribution in [3.05, 3.63) is 30.0 Å². The molecule has 0 atom stereocenters. The van der Waals surface area contributed by atoms with E-state index in [2.05, 4.69) is 10.2 Å². The molecule has 154 valence electrons. The molecule has 1 saturated carbocycles. The quantitative estimate of drug-likeness (QED) is 0.739. The lowest BCUT2D eigenvalue weighted by Crippen LogP contribution is -2.44. The van der Waals surface area contributed by atoms with Gasteiger partial charge in [0, 0.05) is 53.4 Å². The van der Waals surface area contributed by atoms with Gasteiger partial charge < -0.3 is 9.88 Å². The van der Waals surface area contributed by atoms with E-state index < -0.39 is 12.7 Å². The van der Waals surface area contributed by atoms with Gasteiger partial charge in [0.2, 0.25) is 0 Å². The number of hydrogen-bond donors (Lipinski definition) is 1. The second-order valence-corrected chi connectivity index (χ2v) is 9.25. The fourth-order valence-electron chi connectivity index (χ4n) is 4.68. The number of rotatable bonds is 4. The van der Waals surface area contributed by atoms with Crippen molar-refractivity contribution in [3.63, 3.8) is 0 Å². The molecule has 1 N–H and O–H groups in total. The summed E-state index contributed by atoms with van der Waals surface area (Å²) < 4.78 is 40.2. The molecule has 2 fully saturated rings. The Kier molecular flexibility index (Phi) is 5.83. The number of halogens is 3. The van der Waals surface area contributed by atoms with Crippen LogP contribution in [-0.2, 0) is 6.54 Å². The highest BCUT2D eigenvalue weighted by molar-refractivity contribution is 7.99. The van der Waals surface area contributed by atoms with Gasteiger partial charge in [-0.25, -0.2) is 0 Å². The molecule has 0 bridgehead atoms. The maximum absolute atomic E-state index is 12.9. The lowest BCUT2D eigenvalue weighted by molar-refractivity contribution is -0.140. The highest BCUT2D eigenvalue weighted by Gasteiger charge is 2.30. The first kappa shape index (κ1) is 20.0. The van der Waals surface area contributed by atoms with Crippen molar-refractivity contribution in [3.8, 4) is 0 Å². The number of aryl methyl sites for hydroxylation is 1. The Balaban J connectivity index is 1.45. The fourth-order valence-corrected chi connectivity index (χ4v) is 5.61. The van der Waals surface area contributed by atoms with Crippen LogP contribution < -0.4 is 5.32 Å². The zero-order valence-corrected chi connectivity index (χ0v) is 17.1. The molecule has 4 rings (SSSR count). The number of hydrogen-bond acceptors (Lipinski definition) is 3. The van der Waals surface area contributed by atoms with E-state index in [9.17, 15) is 13.2 Å². The van der Waals surface area contributed by atoms with Gasteiger partial charge in [-0.3, -0.25) is 4.90 Å². The first-order chi connectivity index (χ1) is 13.4. The SMILES string of the molecule is Cc1cc2c(NC3CCC(N4CCSCC4)CC3)cccc2n1CC(F)(F)F. The number of anilines is 1. The van der Waals surface area contributed by atoms with E-state index in [0.717, 1.165) is 23.9 Å². The Morgan fingerprint density at radius 1 is 1.11 bits per heavy atom. The largest absolute Gasteiger partial charge is 0.406 e. The number of fused-ring (bicyclic) bond motifs is 1. The molecule has 1 aromatic heterocycles. The zero-order valence-electron chi connectivity index (χ0n) is 16.3. The summed E-state index contributed by atoms with van der Waals surface area (Å²) in [6, 6.07) is 8.60. The van der Waals surface area contributed by atoms with E-state index in [-0.39, 0.29) is 0 Å². The van der Waals surface area contributed by atoms with Gasteiger partial charge in [-0.1, -0.05) is 6.07 Å². The Bertz CT molecular complexity index is 803. The van der Waals surface area contributed by atoms with Crippen molar-refractivity contribution in [2.45, 2.75) is 57.4 Å². The molecule has 0 amide bonds. The van der Waals surface area contributed by atoms with Crippen molar-refractivity contribution in [2.24, 2.45) is 0 Å². The number of nitrogens with zero attached hydrogens (tertiary/aromatic N) is 2. The highest BCUT2D eigenvalue weighted by Crippen LogP contribution is 2.33. The maximum Gasteiger partial charge on any atom is 0.406 e. The van der Waals surface area contributed by atoms with Crippen LogP contribution in [0.3, 0.4) is 0 Å². The van der Waals surface area contributed by atoms with Crippen molar-refractivity contribution < 1.29 is 13.2 Å². The number of alkyl halides is 3. The van der Waals surface area contributed by atoms with E-state index in [0.29, 0.717) is 23.3 Å². The number of thioether (sulfide) groups is 1. The summed E-state index contributed by atoms with van der Waals surface area (Å²) in [7, 11) is 0. The first-order valence-electron chi connectivity index (χ1n) is 10.1. The summed E-state index contributed by atoms with van der Waals surface area (Å²) in [4.78, 5) is 2.65. The molecule has 1 aliphatic heterocycles. The molecular formula is C21H28F3N3S. The third kappa shape index (κ3) is 4.46. The molecule has 0 radical (unpaired) electrons. The van der Waals surface area contributed by atoms with Gasteiger partial charge in [-0.2, -0.15) is 24.9 Å². The monoisotopic (exact) mass is 411 g/mol. The Hall–Kier alpha value is -1.34. The maximum atomic E-state index is 12.9. The lowest BCUT2D eigenvalue weighted by Gasteiger charge is -2.39. The van der Waals surface area contributed by atoms with Crippen LogP contribution in [0.5, 0.6) is 0 Å². The van der Waals surface area contributed by atoms with Crippen LogP contribution in [-0.4, -0.2) is 52.3 Å². The number of aromatic nitrogens is 1. The van der Waals surface area contributed by atoms with Crippen molar-refractivity contribution in [1.82, 2.24) is 9.47 Å². The lowest BCUT2D eigenvalue weighted by atomic mass is 9.90. The predicted octanol–water partition coefficient (Wildman–Crippen LogP) is 5.28. The molecular weight excluding hydrogens is 383 g/mol. The summed E-state index contributed by atoms with van der Waals surface area (Å²) in [5, 5.41) is 4.52. The number of nitrogens with one attached hydrogen (secondary N) is 1. The van der Waals surface area contributed by atoms with Gasteiger partial charge in [-0.05, 0) is 50.8 Å². The first-order valence-corrected chi connectivity index (χ1v) is 11.3. The van der Waals surface area contributed by atoms with Crippen LogP contribution in [0, 0.1) is 6.92 Å². The summed E-state index contributed by atoms with van der Waals surface area (Å²) in [6.45, 7) is 3.22. The number of benzene rings is 1. The summed E-state index contributed by atoms with van der Waals surface area (Å²) in [6.07, 6.45) is 0.421. The van der Waals surface area contributed by atoms with Gasteiger partial charge in [0.15, 0.2) is 0 Å². The van der Waals surface area contributed by atoms with Gasteiger partial charge in [0.1, 0.15) is 6.54 Å². The summed E-state index contributed by atoms with van der Waals surface area (Å²) in [5.74, 6) is 2.49. The van der Waals surface area contributed by atoms with Gasteiger partial charge in [0.25, 0.3) is 0 Å². The van der Waals surface area contributed by atoms with Crippen LogP contribution in [0.25, 0.3) is 10.9 Å². The van der Waals surface area contributed by atoms with E-state index >= 15 is 0 Å². The highest BCUT2D eigenvalue weighted by atomic mass is 32.2. The minimum atomic E-state index is -4.22. The van der Waals surface area contributed by atoms with E-state index in [1.54, 1.807) is 13.0 Å². The zero-order chi connectivity index (χ0) is 19.7. The summed E-state index contributed by atoms with van der Waals surface area (Å²) >= 11 is 2.05. The van der Waals surface area contributed by atoms with Gasteiger partial charge in [0.05, 0.1) is 5.52 Å². The molecule has 2 aromatic rings. The molecule has 2 aliphatic rings. The van der Waals surface area contributed by atoms with Crippen molar-refractivity contribution in [1.29, 1.82) is 0 Å². The molecule has 7 heteroatoms. The fraction of sp³-hybridized carbons (Fsp3) is 0.619. The van der Waals surface area contributed by atoms with E-state index in [1.165, 1.54) is 42.0 Å². The average molecular weight is 412 g/mol. The minimum Gasteiger partial charge on any atom is -0.382 e. The topological polar surface area (TPSA) is 20.2 Å². The van der Waals surface area contributed by atoms with Gasteiger partial charge in [-0.15, -0.1) is 0 Å². The van der Waals surface area contributed by atoms with Crippen LogP contribution in [0.4, 0.5) is 18.9 Å². The molecule has 28 heavy (non-hydrogen) atoms. The minimum absolute atomic E-state index is 0.396. The molecule has 3 nitrogen and oxygen atoms in total. The molecule has 0 spiro atoms. The van der Waals surface area contributed by atoms with Gasteiger partial charge >= 0.3 is 6.18 Å². The second-order valence-electron chi connectivity index (χ2n) is 8.02. The third-order valence-electron chi connectivity index (χ3n) is 6.11. The van der Waals surface area contributed by atoms with Crippen molar-refractivity contribution in [2.75, 3.05) is 29.9 Å². The second kappa shape index (κ2) is 8.19. The molecule has 1 aliphatic carbocycles. The average Bonchev–Trinajstić information content (AvgIpc) is 2.98. The summed E-state index contributed by atoms with van der Waals surface area (Å²) in [5.41, 5.74) is 2.26. The molecule has 0 unspecified atom stereocenters. The van der Waals surface area contributed by atoms with Crippen LogP contribution in [0.1, 0.15) is 31.4 Å². The van der Waals surface area contributed by atoms with Crippen LogP contribution in [0.2, 0.25) is 0 Å². The van der Waals surface area contributed by atoms with E-state index in [4.69, 9.17) is 0 Å².